The lowest BCUT2D eigenvalue weighted by Gasteiger charge is -2.27. The zero-order chi connectivity index (χ0) is 21.3. The highest BCUT2D eigenvalue weighted by Gasteiger charge is 2.24. The van der Waals surface area contributed by atoms with Crippen LogP contribution < -0.4 is 16.4 Å². The fourth-order valence-electron chi connectivity index (χ4n) is 3.82. The van der Waals surface area contributed by atoms with Crippen LogP contribution >= 0.6 is 0 Å². The van der Waals surface area contributed by atoms with Crippen LogP contribution in [0.4, 0.5) is 22.0 Å². The topological polar surface area (TPSA) is 120 Å². The summed E-state index contributed by atoms with van der Waals surface area (Å²) in [5.41, 5.74) is 9.19. The number of nitrogens with zero attached hydrogens (tertiary/aromatic N) is 2. The van der Waals surface area contributed by atoms with Gasteiger partial charge in [-0.05, 0) is 42.5 Å². The van der Waals surface area contributed by atoms with Crippen molar-refractivity contribution in [1.82, 2.24) is 9.97 Å². The molecule has 0 fully saturated rings. The van der Waals surface area contributed by atoms with Crippen molar-refractivity contribution in [1.29, 1.82) is 5.41 Å². The lowest BCUT2D eigenvalue weighted by molar-refractivity contribution is 0.469. The molecule has 0 radical (unpaired) electrons. The van der Waals surface area contributed by atoms with Crippen LogP contribution in [0.25, 0.3) is 0 Å². The number of hydrogen-bond donors (Lipinski definition) is 5. The Morgan fingerprint density at radius 2 is 1.97 bits per heavy atom. The van der Waals surface area contributed by atoms with Crippen molar-refractivity contribution in [3.8, 4) is 5.75 Å². The highest BCUT2D eigenvalue weighted by Crippen LogP contribution is 2.29. The quantitative estimate of drug-likeness (QED) is 0.415. The summed E-state index contributed by atoms with van der Waals surface area (Å²) in [4.78, 5) is 8.67. The van der Waals surface area contributed by atoms with E-state index in [-0.39, 0.29) is 34.4 Å². The summed E-state index contributed by atoms with van der Waals surface area (Å²) in [6.45, 7) is 0. The lowest BCUT2D eigenvalue weighted by Crippen LogP contribution is -2.29. The Balaban J connectivity index is 1.70. The molecular formula is C22H23FN6O. The van der Waals surface area contributed by atoms with E-state index >= 15 is 0 Å². The number of aromatic nitrogens is 2. The van der Waals surface area contributed by atoms with E-state index in [1.165, 1.54) is 23.3 Å². The Bertz CT molecular complexity index is 1100. The second-order valence-electron chi connectivity index (χ2n) is 7.33. The molecular weight excluding hydrogens is 383 g/mol. The minimum absolute atomic E-state index is 0.0661. The van der Waals surface area contributed by atoms with Gasteiger partial charge in [0.1, 0.15) is 23.2 Å². The molecule has 1 aliphatic carbocycles. The third-order valence-electron chi connectivity index (χ3n) is 5.27. The number of hydrogen-bond acceptors (Lipinski definition) is 7. The van der Waals surface area contributed by atoms with E-state index in [9.17, 15) is 9.50 Å². The molecule has 2 aromatic carbocycles. The van der Waals surface area contributed by atoms with Gasteiger partial charge in [0.2, 0.25) is 5.95 Å². The number of benzene rings is 2. The van der Waals surface area contributed by atoms with Crippen molar-refractivity contribution in [2.75, 3.05) is 23.4 Å². The maximum Gasteiger partial charge on any atom is 0.226 e. The number of nitrogen functional groups attached to an aromatic ring is 1. The Labute approximate surface area is 173 Å². The Kier molecular flexibility index (Phi) is 5.22. The maximum absolute atomic E-state index is 13.8. The number of anilines is 3. The fraction of sp³-hybridized carbons (Fsp3) is 0.227. The number of aryl methyl sites for hydroxylation is 1. The molecule has 0 saturated heterocycles. The van der Waals surface area contributed by atoms with Crippen LogP contribution in [0, 0.1) is 11.2 Å². The molecule has 1 aromatic heterocycles. The van der Waals surface area contributed by atoms with E-state index in [2.05, 4.69) is 32.7 Å². The summed E-state index contributed by atoms with van der Waals surface area (Å²) < 4.78 is 13.8. The summed E-state index contributed by atoms with van der Waals surface area (Å²) in [6, 6.07) is 11.9. The van der Waals surface area contributed by atoms with Crippen molar-refractivity contribution in [3.05, 3.63) is 70.5 Å². The van der Waals surface area contributed by atoms with E-state index in [4.69, 9.17) is 11.1 Å². The third kappa shape index (κ3) is 3.89. The van der Waals surface area contributed by atoms with Crippen LogP contribution in [0.15, 0.2) is 42.5 Å². The average molecular weight is 406 g/mol. The highest BCUT2D eigenvalue weighted by atomic mass is 19.1. The number of phenols is 1. The minimum atomic E-state index is -0.639. The molecule has 1 aliphatic rings. The molecule has 6 N–H and O–H groups in total. The zero-order valence-electron chi connectivity index (χ0n) is 16.5. The van der Waals surface area contributed by atoms with Crippen LogP contribution in [0.3, 0.4) is 0 Å². The third-order valence-corrected chi connectivity index (χ3v) is 5.27. The molecule has 0 aliphatic heterocycles. The first-order valence-corrected chi connectivity index (χ1v) is 9.72. The largest absolute Gasteiger partial charge is 0.508 e. The molecule has 8 heteroatoms. The number of phenolic OH excluding ortho intramolecular Hbond substituents is 1. The van der Waals surface area contributed by atoms with E-state index in [0.29, 0.717) is 11.8 Å². The van der Waals surface area contributed by atoms with Gasteiger partial charge < -0.3 is 21.5 Å². The van der Waals surface area contributed by atoms with Crippen molar-refractivity contribution >= 4 is 23.3 Å². The molecule has 0 saturated carbocycles. The van der Waals surface area contributed by atoms with Gasteiger partial charge in [0.05, 0.1) is 11.3 Å². The van der Waals surface area contributed by atoms with Crippen LogP contribution in [0.2, 0.25) is 0 Å². The second-order valence-corrected chi connectivity index (χ2v) is 7.33. The molecule has 7 nitrogen and oxygen atoms in total. The van der Waals surface area contributed by atoms with Crippen LogP contribution in [0.1, 0.15) is 28.7 Å². The molecule has 30 heavy (non-hydrogen) atoms. The monoisotopic (exact) mass is 406 g/mol. The minimum Gasteiger partial charge on any atom is -0.508 e. The number of fused-ring (bicyclic) bond motifs is 1. The summed E-state index contributed by atoms with van der Waals surface area (Å²) in [5, 5.41) is 24.6. The van der Waals surface area contributed by atoms with Crippen molar-refractivity contribution in [3.63, 3.8) is 0 Å². The van der Waals surface area contributed by atoms with Gasteiger partial charge in [-0.15, -0.1) is 0 Å². The van der Waals surface area contributed by atoms with E-state index < -0.39 is 5.82 Å². The van der Waals surface area contributed by atoms with Gasteiger partial charge in [0, 0.05) is 24.7 Å². The van der Waals surface area contributed by atoms with Crippen molar-refractivity contribution in [2.24, 2.45) is 0 Å². The molecule has 0 amide bonds. The predicted octanol–water partition coefficient (Wildman–Crippen LogP) is 3.33. The summed E-state index contributed by atoms with van der Waals surface area (Å²) in [5.74, 6) is -0.0735. The zero-order valence-corrected chi connectivity index (χ0v) is 16.5. The van der Waals surface area contributed by atoms with E-state index in [0.717, 1.165) is 25.3 Å². The van der Waals surface area contributed by atoms with Gasteiger partial charge in [-0.2, -0.15) is 9.97 Å². The second kappa shape index (κ2) is 7.98. The van der Waals surface area contributed by atoms with Gasteiger partial charge >= 0.3 is 0 Å². The molecule has 154 valence electrons. The Morgan fingerprint density at radius 3 is 2.70 bits per heavy atom. The standard InChI is InChI=1S/C22H23FN6O/c1-26-22-28-20(25)18(19(24)14-8-15(23)11-17(30)10-14)21(29-22)27-16-7-6-12-4-2-3-5-13(12)9-16/h2-5,8,10-11,16,24,30H,6-7,9H2,1H3,(H4,25,26,27,28,29). The van der Waals surface area contributed by atoms with Gasteiger partial charge in [-0.1, -0.05) is 24.3 Å². The van der Waals surface area contributed by atoms with Gasteiger partial charge in [-0.3, -0.25) is 5.41 Å². The number of aromatic hydroxyl groups is 1. The Morgan fingerprint density at radius 1 is 1.20 bits per heavy atom. The Hall–Kier alpha value is -3.68. The predicted molar refractivity (Wildman–Crippen MR) is 116 cm³/mol. The van der Waals surface area contributed by atoms with Gasteiger partial charge in [0.15, 0.2) is 0 Å². The molecule has 1 atom stereocenters. The fourth-order valence-corrected chi connectivity index (χ4v) is 3.82. The van der Waals surface area contributed by atoms with Crippen LogP contribution in [0.5, 0.6) is 5.75 Å². The first-order valence-electron chi connectivity index (χ1n) is 9.72. The number of rotatable bonds is 5. The van der Waals surface area contributed by atoms with E-state index in [1.54, 1.807) is 7.05 Å². The average Bonchev–Trinajstić information content (AvgIpc) is 2.72. The molecule has 4 rings (SSSR count). The van der Waals surface area contributed by atoms with E-state index in [1.807, 2.05) is 12.1 Å². The smallest absolute Gasteiger partial charge is 0.226 e. The summed E-state index contributed by atoms with van der Waals surface area (Å²) in [6.07, 6.45) is 2.67. The number of halogens is 1. The highest BCUT2D eigenvalue weighted by molar-refractivity contribution is 6.16. The van der Waals surface area contributed by atoms with Crippen molar-refractivity contribution in [2.45, 2.75) is 25.3 Å². The number of nitrogens with one attached hydrogen (secondary N) is 3. The molecule has 3 aromatic rings. The lowest BCUT2D eigenvalue weighted by atomic mass is 9.88. The van der Waals surface area contributed by atoms with Crippen molar-refractivity contribution < 1.29 is 9.50 Å². The van der Waals surface area contributed by atoms with Crippen LogP contribution in [-0.4, -0.2) is 33.9 Å². The molecule has 0 spiro atoms. The molecule has 1 heterocycles. The normalized spacial score (nSPS) is 15.3. The molecule has 1 unspecified atom stereocenters. The summed E-state index contributed by atoms with van der Waals surface area (Å²) >= 11 is 0. The van der Waals surface area contributed by atoms with Crippen LogP contribution in [-0.2, 0) is 12.8 Å². The summed E-state index contributed by atoms with van der Waals surface area (Å²) in [7, 11) is 1.69. The first-order chi connectivity index (χ1) is 14.4. The van der Waals surface area contributed by atoms with Gasteiger partial charge in [-0.25, -0.2) is 4.39 Å². The SMILES string of the molecule is CNc1nc(N)c(C(=N)c2cc(O)cc(F)c2)c(NC2CCc3ccccc3C2)n1. The first kappa shape index (κ1) is 19.6. The molecule has 0 bridgehead atoms. The number of nitrogens with two attached hydrogens (primary N) is 1. The van der Waals surface area contributed by atoms with Gasteiger partial charge in [0.25, 0.3) is 0 Å². The maximum atomic E-state index is 13.8.